The van der Waals surface area contributed by atoms with Crippen molar-refractivity contribution < 1.29 is 9.59 Å². The summed E-state index contributed by atoms with van der Waals surface area (Å²) in [6, 6.07) is 18.8. The van der Waals surface area contributed by atoms with Crippen molar-refractivity contribution in [1.29, 1.82) is 0 Å². The van der Waals surface area contributed by atoms with Crippen molar-refractivity contribution in [3.05, 3.63) is 95.3 Å². The number of aromatic nitrogens is 2. The van der Waals surface area contributed by atoms with Gasteiger partial charge in [-0.25, -0.2) is 4.98 Å². The SMILES string of the molecule is O=C(Cc1csc(-c2cccnc2)n1)Nc1ccc(C(=O)N2CCc3ccccc32)cc1. The Hall–Kier alpha value is -3.84. The Morgan fingerprint density at radius 1 is 1.03 bits per heavy atom. The molecular weight excluding hydrogens is 420 g/mol. The fourth-order valence-corrected chi connectivity index (χ4v) is 4.59. The average molecular weight is 441 g/mol. The second-order valence-corrected chi connectivity index (χ2v) is 8.38. The second-order valence-electron chi connectivity index (χ2n) is 7.52. The summed E-state index contributed by atoms with van der Waals surface area (Å²) in [6.45, 7) is 0.686. The number of carbonyl (C=O) groups excluding carboxylic acids is 2. The zero-order valence-electron chi connectivity index (χ0n) is 17.2. The number of rotatable bonds is 5. The van der Waals surface area contributed by atoms with Gasteiger partial charge in [0, 0.05) is 46.8 Å². The largest absolute Gasteiger partial charge is 0.326 e. The fraction of sp³-hybridized carbons (Fsp3) is 0.120. The summed E-state index contributed by atoms with van der Waals surface area (Å²) < 4.78 is 0. The number of pyridine rings is 1. The van der Waals surface area contributed by atoms with E-state index in [1.54, 1.807) is 36.7 Å². The van der Waals surface area contributed by atoms with E-state index >= 15 is 0 Å². The van der Waals surface area contributed by atoms with Gasteiger partial charge in [-0.05, 0) is 54.4 Å². The average Bonchev–Trinajstić information content (AvgIpc) is 3.47. The minimum Gasteiger partial charge on any atom is -0.326 e. The smallest absolute Gasteiger partial charge is 0.258 e. The highest BCUT2D eigenvalue weighted by Gasteiger charge is 2.25. The minimum absolute atomic E-state index is 0.0294. The van der Waals surface area contributed by atoms with Gasteiger partial charge in [-0.1, -0.05) is 18.2 Å². The van der Waals surface area contributed by atoms with Gasteiger partial charge in [0.1, 0.15) is 5.01 Å². The zero-order chi connectivity index (χ0) is 21.9. The van der Waals surface area contributed by atoms with E-state index in [0.717, 1.165) is 22.7 Å². The Morgan fingerprint density at radius 2 is 1.88 bits per heavy atom. The lowest BCUT2D eigenvalue weighted by Crippen LogP contribution is -2.28. The third-order valence-corrected chi connectivity index (χ3v) is 6.29. The fourth-order valence-electron chi connectivity index (χ4n) is 3.78. The molecule has 1 aliphatic heterocycles. The number of anilines is 2. The molecule has 5 rings (SSSR count). The Morgan fingerprint density at radius 3 is 2.69 bits per heavy atom. The standard InChI is InChI=1S/C25H20N4O2S/c30-23(14-21-16-32-24(28-21)19-5-3-12-26-15-19)27-20-9-7-18(8-10-20)25(31)29-13-11-17-4-1-2-6-22(17)29/h1-10,12,15-16H,11,13-14H2,(H,27,30). The molecule has 2 aromatic carbocycles. The van der Waals surface area contributed by atoms with Crippen molar-refractivity contribution in [1.82, 2.24) is 9.97 Å². The van der Waals surface area contributed by atoms with E-state index in [0.29, 0.717) is 23.5 Å². The van der Waals surface area contributed by atoms with Crippen molar-refractivity contribution in [3.63, 3.8) is 0 Å². The Kier molecular flexibility index (Phi) is 5.47. The molecule has 2 amide bonds. The lowest BCUT2D eigenvalue weighted by atomic mass is 10.1. The van der Waals surface area contributed by atoms with Gasteiger partial charge in [0.15, 0.2) is 0 Å². The van der Waals surface area contributed by atoms with Crippen LogP contribution in [-0.2, 0) is 17.6 Å². The van der Waals surface area contributed by atoms with Crippen LogP contribution in [0.1, 0.15) is 21.6 Å². The predicted octanol–water partition coefficient (Wildman–Crippen LogP) is 4.59. The molecule has 158 valence electrons. The maximum atomic E-state index is 12.9. The molecule has 0 aliphatic carbocycles. The van der Waals surface area contributed by atoms with Gasteiger partial charge < -0.3 is 10.2 Å². The van der Waals surface area contributed by atoms with Gasteiger partial charge in [-0.15, -0.1) is 11.3 Å². The number of hydrogen-bond acceptors (Lipinski definition) is 5. The Labute approximate surface area is 189 Å². The minimum atomic E-state index is -0.152. The Balaban J connectivity index is 1.21. The van der Waals surface area contributed by atoms with Crippen LogP contribution in [0.25, 0.3) is 10.6 Å². The third kappa shape index (κ3) is 4.15. The van der Waals surface area contributed by atoms with Gasteiger partial charge in [-0.2, -0.15) is 0 Å². The first kappa shape index (κ1) is 20.1. The molecule has 32 heavy (non-hydrogen) atoms. The van der Waals surface area contributed by atoms with E-state index in [9.17, 15) is 9.59 Å². The molecule has 0 bridgehead atoms. The first-order chi connectivity index (χ1) is 15.7. The maximum Gasteiger partial charge on any atom is 0.258 e. The molecular formula is C25H20N4O2S. The first-order valence-electron chi connectivity index (χ1n) is 10.3. The summed E-state index contributed by atoms with van der Waals surface area (Å²) in [5.74, 6) is -0.182. The summed E-state index contributed by atoms with van der Waals surface area (Å²) in [5, 5.41) is 5.61. The molecule has 0 unspecified atom stereocenters. The molecule has 0 spiro atoms. The Bertz CT molecular complexity index is 1270. The van der Waals surface area contributed by atoms with Crippen LogP contribution in [-0.4, -0.2) is 28.3 Å². The van der Waals surface area contributed by atoms with Gasteiger partial charge in [0.25, 0.3) is 5.91 Å². The molecule has 2 aromatic heterocycles. The van der Waals surface area contributed by atoms with Crippen molar-refractivity contribution in [2.75, 3.05) is 16.8 Å². The van der Waals surface area contributed by atoms with E-state index in [-0.39, 0.29) is 18.2 Å². The highest BCUT2D eigenvalue weighted by Crippen LogP contribution is 2.29. The molecule has 3 heterocycles. The van der Waals surface area contributed by atoms with E-state index in [1.807, 2.05) is 40.6 Å². The van der Waals surface area contributed by atoms with Crippen LogP contribution in [0.4, 0.5) is 11.4 Å². The number of nitrogens with zero attached hydrogens (tertiary/aromatic N) is 3. The molecule has 1 aliphatic rings. The van der Waals surface area contributed by atoms with Crippen LogP contribution < -0.4 is 10.2 Å². The van der Waals surface area contributed by atoms with E-state index in [1.165, 1.54) is 16.9 Å². The van der Waals surface area contributed by atoms with Crippen molar-refractivity contribution >= 4 is 34.5 Å². The predicted molar refractivity (Wildman–Crippen MR) is 126 cm³/mol. The van der Waals surface area contributed by atoms with Crippen LogP contribution in [0.15, 0.2) is 78.4 Å². The van der Waals surface area contributed by atoms with Crippen molar-refractivity contribution in [2.24, 2.45) is 0 Å². The van der Waals surface area contributed by atoms with Crippen LogP contribution in [0, 0.1) is 0 Å². The molecule has 0 fully saturated rings. The van der Waals surface area contributed by atoms with Gasteiger partial charge in [0.05, 0.1) is 12.1 Å². The molecule has 0 saturated carbocycles. The van der Waals surface area contributed by atoms with Crippen LogP contribution in [0.5, 0.6) is 0 Å². The van der Waals surface area contributed by atoms with Gasteiger partial charge in [-0.3, -0.25) is 14.6 Å². The second kappa shape index (κ2) is 8.72. The summed E-state index contributed by atoms with van der Waals surface area (Å²) >= 11 is 1.49. The van der Waals surface area contributed by atoms with Crippen LogP contribution >= 0.6 is 11.3 Å². The number of fused-ring (bicyclic) bond motifs is 1. The molecule has 0 radical (unpaired) electrons. The van der Waals surface area contributed by atoms with Crippen molar-refractivity contribution in [2.45, 2.75) is 12.8 Å². The summed E-state index contributed by atoms with van der Waals surface area (Å²) in [7, 11) is 0. The van der Waals surface area contributed by atoms with Gasteiger partial charge in [0.2, 0.25) is 5.91 Å². The quantitative estimate of drug-likeness (QED) is 0.493. The number of benzene rings is 2. The molecule has 0 atom stereocenters. The number of para-hydroxylation sites is 1. The number of nitrogens with one attached hydrogen (secondary N) is 1. The number of hydrogen-bond donors (Lipinski definition) is 1. The number of amides is 2. The van der Waals surface area contributed by atoms with E-state index in [4.69, 9.17) is 0 Å². The lowest BCUT2D eigenvalue weighted by molar-refractivity contribution is -0.115. The zero-order valence-corrected chi connectivity index (χ0v) is 18.0. The monoisotopic (exact) mass is 440 g/mol. The lowest BCUT2D eigenvalue weighted by Gasteiger charge is -2.17. The normalized spacial score (nSPS) is 12.4. The van der Waals surface area contributed by atoms with E-state index < -0.39 is 0 Å². The van der Waals surface area contributed by atoms with Gasteiger partial charge >= 0.3 is 0 Å². The van der Waals surface area contributed by atoms with Crippen molar-refractivity contribution in [3.8, 4) is 10.6 Å². The molecule has 1 N–H and O–H groups in total. The summed E-state index contributed by atoms with van der Waals surface area (Å²) in [6.07, 6.45) is 4.53. The first-order valence-corrected chi connectivity index (χ1v) is 11.2. The highest BCUT2D eigenvalue weighted by atomic mass is 32.1. The number of carbonyl (C=O) groups is 2. The molecule has 4 aromatic rings. The molecule has 0 saturated heterocycles. The number of thiazole rings is 1. The maximum absolute atomic E-state index is 12.9. The molecule has 7 heteroatoms. The van der Waals surface area contributed by atoms with E-state index in [2.05, 4.69) is 21.4 Å². The summed E-state index contributed by atoms with van der Waals surface area (Å²) in [4.78, 5) is 35.8. The third-order valence-electron chi connectivity index (χ3n) is 5.35. The van der Waals surface area contributed by atoms with Crippen LogP contribution in [0.2, 0.25) is 0 Å². The van der Waals surface area contributed by atoms with Crippen LogP contribution in [0.3, 0.4) is 0 Å². The summed E-state index contributed by atoms with van der Waals surface area (Å²) in [5.41, 5.74) is 5.06. The highest BCUT2D eigenvalue weighted by molar-refractivity contribution is 7.13. The molecule has 6 nitrogen and oxygen atoms in total. The topological polar surface area (TPSA) is 75.2 Å².